The number of hydrogen-bond acceptors (Lipinski definition) is 3. The van der Waals surface area contributed by atoms with Crippen LogP contribution in [-0.4, -0.2) is 11.0 Å². The van der Waals surface area contributed by atoms with E-state index >= 15 is 0 Å². The first-order chi connectivity index (χ1) is 9.24. The van der Waals surface area contributed by atoms with E-state index in [2.05, 4.69) is 35.4 Å². The number of pyridine rings is 1. The van der Waals surface area contributed by atoms with E-state index in [-0.39, 0.29) is 6.04 Å². The molecule has 0 saturated heterocycles. The summed E-state index contributed by atoms with van der Waals surface area (Å²) in [4.78, 5) is 4.51. The highest BCUT2D eigenvalue weighted by Crippen LogP contribution is 2.27. The van der Waals surface area contributed by atoms with Gasteiger partial charge in [-0.05, 0) is 42.5 Å². The first-order valence-electron chi connectivity index (χ1n) is 6.77. The normalized spacial score (nSPS) is 16.1. The van der Waals surface area contributed by atoms with Gasteiger partial charge in [0.15, 0.2) is 0 Å². The van der Waals surface area contributed by atoms with Crippen molar-refractivity contribution in [3.63, 3.8) is 0 Å². The van der Waals surface area contributed by atoms with Crippen LogP contribution in [0.1, 0.15) is 35.6 Å². The van der Waals surface area contributed by atoms with Gasteiger partial charge in [0.25, 0.3) is 0 Å². The van der Waals surface area contributed by atoms with E-state index in [0.717, 1.165) is 22.5 Å². The summed E-state index contributed by atoms with van der Waals surface area (Å²) in [5.41, 5.74) is 9.63. The summed E-state index contributed by atoms with van der Waals surface area (Å²) in [6.45, 7) is 2.08. The van der Waals surface area contributed by atoms with Crippen LogP contribution in [0.4, 0.5) is 5.82 Å². The van der Waals surface area contributed by atoms with Gasteiger partial charge in [-0.25, -0.2) is 4.98 Å². The number of nitrogens with one attached hydrogen (secondary N) is 1. The summed E-state index contributed by atoms with van der Waals surface area (Å²) < 4.78 is 0. The Hall–Kier alpha value is -1.87. The van der Waals surface area contributed by atoms with E-state index in [4.69, 9.17) is 5.73 Å². The zero-order valence-corrected chi connectivity index (χ0v) is 11.1. The summed E-state index contributed by atoms with van der Waals surface area (Å²) in [5.74, 6) is 0.992. The fourth-order valence-electron chi connectivity index (χ4n) is 2.19. The molecule has 1 aromatic carbocycles. The zero-order valence-electron chi connectivity index (χ0n) is 11.1. The summed E-state index contributed by atoms with van der Waals surface area (Å²) in [5, 5.41) is 3.44. The van der Waals surface area contributed by atoms with Crippen LogP contribution < -0.4 is 11.1 Å². The molecular weight excluding hydrogens is 234 g/mol. The van der Waals surface area contributed by atoms with Gasteiger partial charge in [0.05, 0.1) is 6.04 Å². The van der Waals surface area contributed by atoms with Crippen molar-refractivity contribution in [3.8, 4) is 0 Å². The average molecular weight is 253 g/mol. The molecule has 0 amide bonds. The summed E-state index contributed by atoms with van der Waals surface area (Å²) in [6, 6.07) is 12.8. The van der Waals surface area contributed by atoms with Crippen LogP contribution in [0.25, 0.3) is 0 Å². The second-order valence-corrected chi connectivity index (χ2v) is 5.24. The van der Waals surface area contributed by atoms with Gasteiger partial charge in [-0.2, -0.15) is 0 Å². The largest absolute Gasteiger partial charge is 0.367 e. The van der Waals surface area contributed by atoms with Gasteiger partial charge in [0, 0.05) is 12.2 Å². The predicted molar refractivity (Wildman–Crippen MR) is 78.1 cm³/mol. The number of nitrogens with zero attached hydrogens (tertiary/aromatic N) is 1. The second-order valence-electron chi connectivity index (χ2n) is 5.24. The van der Waals surface area contributed by atoms with Gasteiger partial charge in [0.2, 0.25) is 0 Å². The Kier molecular flexibility index (Phi) is 3.22. The summed E-state index contributed by atoms with van der Waals surface area (Å²) in [7, 11) is 0. The lowest BCUT2D eigenvalue weighted by molar-refractivity contribution is 0.860. The van der Waals surface area contributed by atoms with Crippen molar-refractivity contribution >= 4 is 5.82 Å². The van der Waals surface area contributed by atoms with Crippen LogP contribution in [0.15, 0.2) is 42.6 Å². The summed E-state index contributed by atoms with van der Waals surface area (Å²) >= 11 is 0. The molecule has 1 aromatic heterocycles. The van der Waals surface area contributed by atoms with Crippen LogP contribution in [0.2, 0.25) is 0 Å². The Bertz CT molecular complexity index is 561. The molecule has 3 N–H and O–H groups in total. The Morgan fingerprint density at radius 3 is 2.58 bits per heavy atom. The molecular formula is C16H19N3. The monoisotopic (exact) mass is 253 g/mol. The second kappa shape index (κ2) is 5.02. The molecule has 19 heavy (non-hydrogen) atoms. The maximum absolute atomic E-state index is 6.29. The lowest BCUT2D eigenvalue weighted by Crippen LogP contribution is -2.13. The third-order valence-electron chi connectivity index (χ3n) is 3.54. The van der Waals surface area contributed by atoms with Crippen LogP contribution in [0.3, 0.4) is 0 Å². The topological polar surface area (TPSA) is 50.9 Å². The van der Waals surface area contributed by atoms with E-state index < -0.39 is 0 Å². The molecule has 3 nitrogen and oxygen atoms in total. The van der Waals surface area contributed by atoms with E-state index in [0.29, 0.717) is 6.04 Å². The molecule has 2 aromatic rings. The van der Waals surface area contributed by atoms with Crippen molar-refractivity contribution in [2.75, 3.05) is 5.32 Å². The molecule has 0 radical (unpaired) electrons. The molecule has 0 aliphatic heterocycles. The average Bonchev–Trinajstić information content (AvgIpc) is 3.25. The maximum Gasteiger partial charge on any atom is 0.129 e. The number of anilines is 1. The molecule has 1 atom stereocenters. The van der Waals surface area contributed by atoms with Crippen molar-refractivity contribution < 1.29 is 0 Å². The molecule has 1 aliphatic rings. The third kappa shape index (κ3) is 2.76. The zero-order chi connectivity index (χ0) is 13.2. The standard InChI is InChI=1S/C16H19N3/c1-11-9-13(10-18-16(11)19-14-7-8-14)15(17)12-5-3-2-4-6-12/h2-6,9-10,14-15H,7-8,17H2,1H3,(H,18,19). The Morgan fingerprint density at radius 2 is 1.95 bits per heavy atom. The maximum atomic E-state index is 6.29. The molecule has 1 saturated carbocycles. The fourth-order valence-corrected chi connectivity index (χ4v) is 2.19. The van der Waals surface area contributed by atoms with E-state index in [1.54, 1.807) is 0 Å². The highest BCUT2D eigenvalue weighted by molar-refractivity contribution is 5.47. The van der Waals surface area contributed by atoms with E-state index in [9.17, 15) is 0 Å². The first kappa shape index (κ1) is 12.2. The van der Waals surface area contributed by atoms with Crippen molar-refractivity contribution in [1.29, 1.82) is 0 Å². The first-order valence-corrected chi connectivity index (χ1v) is 6.77. The SMILES string of the molecule is Cc1cc(C(N)c2ccccc2)cnc1NC1CC1. The minimum absolute atomic E-state index is 0.109. The van der Waals surface area contributed by atoms with Gasteiger partial charge >= 0.3 is 0 Å². The number of rotatable bonds is 4. The number of aromatic nitrogens is 1. The molecule has 1 heterocycles. The van der Waals surface area contributed by atoms with Gasteiger partial charge in [-0.15, -0.1) is 0 Å². The predicted octanol–water partition coefficient (Wildman–Crippen LogP) is 3.01. The van der Waals surface area contributed by atoms with Crippen LogP contribution in [-0.2, 0) is 0 Å². The molecule has 0 spiro atoms. The van der Waals surface area contributed by atoms with Crippen LogP contribution in [0, 0.1) is 6.92 Å². The van der Waals surface area contributed by atoms with E-state index in [1.165, 1.54) is 12.8 Å². The van der Waals surface area contributed by atoms with Crippen molar-refractivity contribution in [2.45, 2.75) is 31.8 Å². The van der Waals surface area contributed by atoms with Crippen LogP contribution >= 0.6 is 0 Å². The highest BCUT2D eigenvalue weighted by Gasteiger charge is 2.22. The lowest BCUT2D eigenvalue weighted by atomic mass is 10.00. The smallest absolute Gasteiger partial charge is 0.129 e. The van der Waals surface area contributed by atoms with Crippen LogP contribution in [0.5, 0.6) is 0 Å². The third-order valence-corrected chi connectivity index (χ3v) is 3.54. The van der Waals surface area contributed by atoms with Gasteiger partial charge in [-0.1, -0.05) is 30.3 Å². The van der Waals surface area contributed by atoms with Gasteiger partial charge in [-0.3, -0.25) is 0 Å². The molecule has 1 aliphatic carbocycles. The highest BCUT2D eigenvalue weighted by atomic mass is 15.0. The van der Waals surface area contributed by atoms with Crippen molar-refractivity contribution in [1.82, 2.24) is 4.98 Å². The molecule has 1 fully saturated rings. The number of nitrogens with two attached hydrogens (primary N) is 1. The Morgan fingerprint density at radius 1 is 1.21 bits per heavy atom. The number of benzene rings is 1. The molecule has 3 heteroatoms. The quantitative estimate of drug-likeness (QED) is 0.880. The molecule has 3 rings (SSSR count). The minimum atomic E-state index is -0.109. The van der Waals surface area contributed by atoms with Gasteiger partial charge < -0.3 is 11.1 Å². The lowest BCUT2D eigenvalue weighted by Gasteiger charge is -2.15. The Balaban J connectivity index is 1.82. The van der Waals surface area contributed by atoms with Gasteiger partial charge in [0.1, 0.15) is 5.82 Å². The number of hydrogen-bond donors (Lipinski definition) is 2. The minimum Gasteiger partial charge on any atom is -0.367 e. The van der Waals surface area contributed by atoms with Crippen molar-refractivity contribution in [2.24, 2.45) is 5.73 Å². The molecule has 0 bridgehead atoms. The number of aryl methyl sites for hydroxylation is 1. The molecule has 98 valence electrons. The summed E-state index contributed by atoms with van der Waals surface area (Å²) in [6.07, 6.45) is 4.40. The molecule has 1 unspecified atom stereocenters. The van der Waals surface area contributed by atoms with Crippen molar-refractivity contribution in [3.05, 3.63) is 59.3 Å². The fraction of sp³-hybridized carbons (Fsp3) is 0.312. The van der Waals surface area contributed by atoms with E-state index in [1.807, 2.05) is 24.4 Å². The Labute approximate surface area is 113 Å².